The Hall–Kier alpha value is -1.47. The van der Waals surface area contributed by atoms with Crippen LogP contribution in [-0.2, 0) is 34.7 Å². The Labute approximate surface area is 169 Å². The first-order valence-electron chi connectivity index (χ1n) is 9.65. The Morgan fingerprint density at radius 2 is 1.82 bits per heavy atom. The van der Waals surface area contributed by atoms with Gasteiger partial charge in [0.2, 0.25) is 5.79 Å². The average Bonchev–Trinajstić information content (AvgIpc) is 3.07. The first-order valence-corrected chi connectivity index (χ1v) is 10.0. The SMILES string of the molecule is CCc1ccc(Cc2c(Cl)ccc3c2COC32OC(CO)CC(O)C2O)cc1. The number of halogens is 1. The van der Waals surface area contributed by atoms with E-state index in [1.165, 1.54) is 5.56 Å². The second-order valence-corrected chi connectivity index (χ2v) is 7.93. The Morgan fingerprint density at radius 1 is 1.11 bits per heavy atom. The Kier molecular flexibility index (Phi) is 5.49. The minimum absolute atomic E-state index is 0.155. The fourth-order valence-corrected chi connectivity index (χ4v) is 4.42. The molecule has 4 atom stereocenters. The van der Waals surface area contributed by atoms with Crippen LogP contribution in [-0.4, -0.2) is 40.2 Å². The van der Waals surface area contributed by atoms with Gasteiger partial charge < -0.3 is 24.8 Å². The molecule has 2 aliphatic rings. The molecule has 3 N–H and O–H groups in total. The maximum Gasteiger partial charge on any atom is 0.225 e. The summed E-state index contributed by atoms with van der Waals surface area (Å²) < 4.78 is 11.9. The summed E-state index contributed by atoms with van der Waals surface area (Å²) in [4.78, 5) is 0. The van der Waals surface area contributed by atoms with Crippen molar-refractivity contribution in [3.63, 3.8) is 0 Å². The minimum atomic E-state index is -1.48. The molecule has 2 aliphatic heterocycles. The zero-order valence-corrected chi connectivity index (χ0v) is 16.5. The molecule has 1 spiro atoms. The van der Waals surface area contributed by atoms with E-state index in [1.807, 2.05) is 0 Å². The molecule has 0 radical (unpaired) electrons. The number of hydrogen-bond acceptors (Lipinski definition) is 5. The molecule has 2 aromatic rings. The summed E-state index contributed by atoms with van der Waals surface area (Å²) in [6.07, 6.45) is -1.12. The van der Waals surface area contributed by atoms with E-state index in [-0.39, 0.29) is 19.6 Å². The number of aliphatic hydroxyl groups is 3. The highest BCUT2D eigenvalue weighted by molar-refractivity contribution is 6.31. The van der Waals surface area contributed by atoms with Crippen LogP contribution in [0.1, 0.15) is 41.2 Å². The van der Waals surface area contributed by atoms with Gasteiger partial charge in [0.15, 0.2) is 0 Å². The van der Waals surface area contributed by atoms with Crippen LogP contribution in [0.2, 0.25) is 5.02 Å². The second-order valence-electron chi connectivity index (χ2n) is 7.53. The Morgan fingerprint density at radius 3 is 2.50 bits per heavy atom. The van der Waals surface area contributed by atoms with Crippen molar-refractivity contribution in [2.75, 3.05) is 6.61 Å². The summed E-state index contributed by atoms with van der Waals surface area (Å²) in [5.41, 5.74) is 4.88. The van der Waals surface area contributed by atoms with Gasteiger partial charge in [0.25, 0.3) is 0 Å². The summed E-state index contributed by atoms with van der Waals surface area (Å²) in [5, 5.41) is 31.1. The van der Waals surface area contributed by atoms with Crippen molar-refractivity contribution < 1.29 is 24.8 Å². The number of aryl methyl sites for hydroxylation is 1. The third-order valence-corrected chi connectivity index (χ3v) is 6.15. The predicted octanol–water partition coefficient (Wildman–Crippen LogP) is 2.68. The molecular weight excluding hydrogens is 380 g/mol. The number of benzene rings is 2. The molecule has 0 aliphatic carbocycles. The van der Waals surface area contributed by atoms with E-state index < -0.39 is 24.1 Å². The van der Waals surface area contributed by atoms with Crippen molar-refractivity contribution in [3.05, 3.63) is 69.2 Å². The van der Waals surface area contributed by atoms with Gasteiger partial charge in [0, 0.05) is 17.0 Å². The fraction of sp³-hybridized carbons (Fsp3) is 0.455. The average molecular weight is 405 g/mol. The number of fused-ring (bicyclic) bond motifs is 2. The lowest BCUT2D eigenvalue weighted by atomic mass is 9.87. The van der Waals surface area contributed by atoms with E-state index in [2.05, 4.69) is 31.2 Å². The largest absolute Gasteiger partial charge is 0.394 e. The number of rotatable bonds is 4. The molecule has 0 bridgehead atoms. The van der Waals surface area contributed by atoms with E-state index in [1.54, 1.807) is 12.1 Å². The third-order valence-electron chi connectivity index (χ3n) is 5.80. The molecule has 0 saturated carbocycles. The van der Waals surface area contributed by atoms with Gasteiger partial charge in [-0.15, -0.1) is 0 Å². The van der Waals surface area contributed by atoms with Crippen LogP contribution in [0.3, 0.4) is 0 Å². The van der Waals surface area contributed by atoms with Crippen LogP contribution in [0.4, 0.5) is 0 Å². The van der Waals surface area contributed by atoms with Gasteiger partial charge in [-0.1, -0.05) is 48.9 Å². The molecule has 5 nitrogen and oxygen atoms in total. The van der Waals surface area contributed by atoms with Crippen LogP contribution < -0.4 is 0 Å². The molecule has 28 heavy (non-hydrogen) atoms. The molecule has 0 aromatic heterocycles. The van der Waals surface area contributed by atoms with Crippen LogP contribution in [0.15, 0.2) is 36.4 Å². The quantitative estimate of drug-likeness (QED) is 0.730. The topological polar surface area (TPSA) is 79.2 Å². The van der Waals surface area contributed by atoms with Crippen molar-refractivity contribution in [2.45, 2.75) is 56.9 Å². The third kappa shape index (κ3) is 3.26. The lowest BCUT2D eigenvalue weighted by molar-refractivity contribution is -0.347. The Bertz CT molecular complexity index is 853. The van der Waals surface area contributed by atoms with Crippen molar-refractivity contribution in [1.29, 1.82) is 0 Å². The smallest absolute Gasteiger partial charge is 0.225 e. The molecule has 6 heteroatoms. The zero-order valence-electron chi connectivity index (χ0n) is 15.8. The van der Waals surface area contributed by atoms with Gasteiger partial charge >= 0.3 is 0 Å². The molecule has 2 heterocycles. The highest BCUT2D eigenvalue weighted by atomic mass is 35.5. The summed E-state index contributed by atoms with van der Waals surface area (Å²) in [6, 6.07) is 12.0. The molecule has 4 rings (SSSR count). The summed E-state index contributed by atoms with van der Waals surface area (Å²) in [7, 11) is 0. The Balaban J connectivity index is 1.72. The summed E-state index contributed by atoms with van der Waals surface area (Å²) in [6.45, 7) is 2.09. The van der Waals surface area contributed by atoms with E-state index in [0.717, 1.165) is 23.1 Å². The number of hydrogen-bond donors (Lipinski definition) is 3. The van der Waals surface area contributed by atoms with Gasteiger partial charge in [-0.25, -0.2) is 0 Å². The standard InChI is InChI=1S/C22H25ClO5/c1-2-13-3-5-14(6-4-13)9-16-17-12-27-22(18(17)7-8-19(16)23)21(26)20(25)10-15(11-24)28-22/h3-8,15,20-21,24-26H,2,9-12H2,1H3. The first-order chi connectivity index (χ1) is 13.5. The monoisotopic (exact) mass is 404 g/mol. The van der Waals surface area contributed by atoms with Crippen LogP contribution in [0, 0.1) is 0 Å². The van der Waals surface area contributed by atoms with Crippen LogP contribution in [0.25, 0.3) is 0 Å². The van der Waals surface area contributed by atoms with E-state index in [0.29, 0.717) is 17.0 Å². The van der Waals surface area contributed by atoms with Gasteiger partial charge in [-0.2, -0.15) is 0 Å². The van der Waals surface area contributed by atoms with Gasteiger partial charge in [0.05, 0.1) is 25.4 Å². The summed E-state index contributed by atoms with van der Waals surface area (Å²) >= 11 is 6.52. The maximum absolute atomic E-state index is 10.7. The highest BCUT2D eigenvalue weighted by Crippen LogP contribution is 2.47. The van der Waals surface area contributed by atoms with Gasteiger partial charge in [-0.05, 0) is 41.2 Å². The van der Waals surface area contributed by atoms with Crippen LogP contribution >= 0.6 is 11.6 Å². The molecule has 1 saturated heterocycles. The predicted molar refractivity (Wildman–Crippen MR) is 105 cm³/mol. The van der Waals surface area contributed by atoms with E-state index in [4.69, 9.17) is 21.1 Å². The fourth-order valence-electron chi connectivity index (χ4n) is 4.17. The second kappa shape index (κ2) is 7.75. The van der Waals surface area contributed by atoms with Crippen LogP contribution in [0.5, 0.6) is 0 Å². The first kappa shape index (κ1) is 19.8. The van der Waals surface area contributed by atoms with Gasteiger partial charge in [-0.3, -0.25) is 0 Å². The molecule has 1 fully saturated rings. The summed E-state index contributed by atoms with van der Waals surface area (Å²) in [5.74, 6) is -1.48. The lowest BCUT2D eigenvalue weighted by Gasteiger charge is -2.43. The molecule has 2 aromatic carbocycles. The van der Waals surface area contributed by atoms with Crippen molar-refractivity contribution in [2.24, 2.45) is 0 Å². The van der Waals surface area contributed by atoms with Crippen molar-refractivity contribution in [1.82, 2.24) is 0 Å². The molecule has 4 unspecified atom stereocenters. The number of aliphatic hydroxyl groups excluding tert-OH is 3. The molecular formula is C22H25ClO5. The van der Waals surface area contributed by atoms with Crippen molar-refractivity contribution in [3.8, 4) is 0 Å². The lowest BCUT2D eigenvalue weighted by Crippen LogP contribution is -2.56. The molecule has 150 valence electrons. The minimum Gasteiger partial charge on any atom is -0.394 e. The number of ether oxygens (including phenoxy) is 2. The van der Waals surface area contributed by atoms with Crippen molar-refractivity contribution >= 4 is 11.6 Å². The maximum atomic E-state index is 10.7. The van der Waals surface area contributed by atoms with E-state index in [9.17, 15) is 15.3 Å². The highest BCUT2D eigenvalue weighted by Gasteiger charge is 2.55. The van der Waals surface area contributed by atoms with E-state index >= 15 is 0 Å². The zero-order chi connectivity index (χ0) is 19.9. The normalized spacial score (nSPS) is 29.2. The molecule has 0 amide bonds. The van der Waals surface area contributed by atoms with Gasteiger partial charge in [0.1, 0.15) is 6.10 Å².